The number of aromatic nitrogens is 2. The van der Waals surface area contributed by atoms with Crippen LogP contribution in [0.25, 0.3) is 0 Å². The number of rotatable bonds is 8. The fourth-order valence-corrected chi connectivity index (χ4v) is 1.98. The van der Waals surface area contributed by atoms with Gasteiger partial charge in [0.1, 0.15) is 5.02 Å². The number of anilines is 2. The molecule has 1 rings (SSSR count). The van der Waals surface area contributed by atoms with Gasteiger partial charge in [-0.15, -0.1) is 0 Å². The van der Waals surface area contributed by atoms with Crippen molar-refractivity contribution in [3.8, 4) is 0 Å². The third-order valence-corrected chi connectivity index (χ3v) is 2.81. The fourth-order valence-electron chi connectivity index (χ4n) is 1.77. The van der Waals surface area contributed by atoms with E-state index in [1.54, 1.807) is 6.20 Å². The summed E-state index contributed by atoms with van der Waals surface area (Å²) < 4.78 is 0. The summed E-state index contributed by atoms with van der Waals surface area (Å²) in [5.41, 5.74) is 0. The van der Waals surface area contributed by atoms with Crippen LogP contribution in [0.15, 0.2) is 6.20 Å². The Bertz CT molecular complexity index is 351. The van der Waals surface area contributed by atoms with Crippen molar-refractivity contribution in [3.05, 3.63) is 11.2 Å². The molecule has 0 unspecified atom stereocenters. The number of hydrogen-bond acceptors (Lipinski definition) is 4. The van der Waals surface area contributed by atoms with Crippen LogP contribution >= 0.6 is 11.6 Å². The van der Waals surface area contributed by atoms with Crippen LogP contribution in [0.3, 0.4) is 0 Å². The van der Waals surface area contributed by atoms with E-state index in [1.165, 1.54) is 0 Å². The minimum Gasteiger partial charge on any atom is -0.355 e. The first-order valence-electron chi connectivity index (χ1n) is 6.74. The van der Waals surface area contributed by atoms with Crippen LogP contribution in [0.5, 0.6) is 0 Å². The molecule has 1 aromatic rings. The van der Waals surface area contributed by atoms with E-state index in [-0.39, 0.29) is 0 Å². The number of nitrogens with one attached hydrogen (secondary N) is 1. The van der Waals surface area contributed by atoms with Crippen molar-refractivity contribution in [2.45, 2.75) is 40.0 Å². The quantitative estimate of drug-likeness (QED) is 0.784. The predicted molar refractivity (Wildman–Crippen MR) is 78.6 cm³/mol. The van der Waals surface area contributed by atoms with Crippen LogP contribution in [0.4, 0.5) is 11.8 Å². The molecule has 0 radical (unpaired) electrons. The van der Waals surface area contributed by atoms with Crippen molar-refractivity contribution in [1.82, 2.24) is 9.97 Å². The molecule has 0 aliphatic carbocycles. The monoisotopic (exact) mass is 270 g/mol. The van der Waals surface area contributed by atoms with Crippen LogP contribution < -0.4 is 10.2 Å². The molecule has 0 atom stereocenters. The summed E-state index contributed by atoms with van der Waals surface area (Å²) >= 11 is 6.20. The van der Waals surface area contributed by atoms with Gasteiger partial charge in [-0.25, -0.2) is 4.98 Å². The van der Waals surface area contributed by atoms with Crippen LogP contribution in [-0.4, -0.2) is 29.6 Å². The van der Waals surface area contributed by atoms with Crippen LogP contribution in [0.2, 0.25) is 5.02 Å². The van der Waals surface area contributed by atoms with Crippen molar-refractivity contribution in [3.63, 3.8) is 0 Å². The smallest absolute Gasteiger partial charge is 0.224 e. The Hall–Kier alpha value is -1.03. The van der Waals surface area contributed by atoms with E-state index in [2.05, 4.69) is 41.0 Å². The lowest BCUT2D eigenvalue weighted by Crippen LogP contribution is -2.26. The van der Waals surface area contributed by atoms with Gasteiger partial charge in [-0.1, -0.05) is 32.4 Å². The van der Waals surface area contributed by atoms with Crippen LogP contribution in [-0.2, 0) is 0 Å². The molecule has 0 bridgehead atoms. The summed E-state index contributed by atoms with van der Waals surface area (Å²) in [4.78, 5) is 10.9. The van der Waals surface area contributed by atoms with Crippen molar-refractivity contribution >= 4 is 23.4 Å². The highest BCUT2D eigenvalue weighted by Crippen LogP contribution is 2.24. The molecule has 0 aliphatic rings. The zero-order chi connectivity index (χ0) is 13.4. The van der Waals surface area contributed by atoms with Gasteiger partial charge >= 0.3 is 0 Å². The summed E-state index contributed by atoms with van der Waals surface area (Å²) in [5, 5.41) is 3.82. The molecule has 1 heterocycles. The summed E-state index contributed by atoms with van der Waals surface area (Å²) in [5.74, 6) is 1.50. The molecular formula is C13H23ClN4. The van der Waals surface area contributed by atoms with Crippen molar-refractivity contribution in [2.75, 3.05) is 29.9 Å². The average molecular weight is 271 g/mol. The molecule has 102 valence electrons. The Morgan fingerprint density at radius 3 is 2.39 bits per heavy atom. The zero-order valence-corrected chi connectivity index (χ0v) is 12.3. The summed E-state index contributed by atoms with van der Waals surface area (Å²) in [6.45, 7) is 9.25. The van der Waals surface area contributed by atoms with Gasteiger partial charge in [0.25, 0.3) is 0 Å². The molecule has 0 aromatic carbocycles. The number of halogens is 1. The molecule has 0 amide bonds. The van der Waals surface area contributed by atoms with E-state index in [9.17, 15) is 0 Å². The van der Waals surface area contributed by atoms with E-state index >= 15 is 0 Å². The molecule has 0 saturated heterocycles. The minimum atomic E-state index is 0.624. The lowest BCUT2D eigenvalue weighted by molar-refractivity contribution is 0.733. The highest BCUT2D eigenvalue weighted by atomic mass is 35.5. The lowest BCUT2D eigenvalue weighted by atomic mass is 10.3. The largest absolute Gasteiger partial charge is 0.355 e. The summed E-state index contributed by atoms with van der Waals surface area (Å²) in [6, 6.07) is 0. The van der Waals surface area contributed by atoms with Crippen molar-refractivity contribution in [1.29, 1.82) is 0 Å². The first kappa shape index (κ1) is 15.0. The van der Waals surface area contributed by atoms with Gasteiger partial charge in [0.05, 0.1) is 6.20 Å². The van der Waals surface area contributed by atoms with Crippen molar-refractivity contribution in [2.24, 2.45) is 0 Å². The molecule has 0 saturated carbocycles. The van der Waals surface area contributed by atoms with E-state index in [0.717, 1.165) is 44.7 Å². The molecule has 1 aromatic heterocycles. The Morgan fingerprint density at radius 1 is 1.17 bits per heavy atom. The van der Waals surface area contributed by atoms with E-state index < -0.39 is 0 Å². The maximum Gasteiger partial charge on any atom is 0.224 e. The second-order valence-electron chi connectivity index (χ2n) is 4.28. The molecule has 0 aliphatic heterocycles. The van der Waals surface area contributed by atoms with Gasteiger partial charge in [0.15, 0.2) is 5.82 Å². The Balaban J connectivity index is 2.88. The third kappa shape index (κ3) is 4.33. The summed E-state index contributed by atoms with van der Waals surface area (Å²) in [6.07, 6.45) is 4.89. The Labute approximate surface area is 115 Å². The molecular weight excluding hydrogens is 248 g/mol. The molecule has 0 fully saturated rings. The van der Waals surface area contributed by atoms with E-state index in [0.29, 0.717) is 11.0 Å². The van der Waals surface area contributed by atoms with Crippen LogP contribution in [0.1, 0.15) is 40.0 Å². The lowest BCUT2D eigenvalue weighted by Gasteiger charge is -2.23. The maximum absolute atomic E-state index is 6.20. The second-order valence-corrected chi connectivity index (χ2v) is 4.69. The molecule has 18 heavy (non-hydrogen) atoms. The highest BCUT2D eigenvalue weighted by molar-refractivity contribution is 6.32. The molecule has 5 heteroatoms. The average Bonchev–Trinajstić information content (AvgIpc) is 2.37. The van der Waals surface area contributed by atoms with Gasteiger partial charge in [-0.2, -0.15) is 4.98 Å². The SMILES string of the molecule is CCCNc1ncc(Cl)c(N(CCC)CCC)n1. The predicted octanol–water partition coefficient (Wildman–Crippen LogP) is 3.58. The van der Waals surface area contributed by atoms with Crippen LogP contribution in [0, 0.1) is 0 Å². The highest BCUT2D eigenvalue weighted by Gasteiger charge is 2.12. The fraction of sp³-hybridized carbons (Fsp3) is 0.692. The standard InChI is InChI=1S/C13H23ClN4/c1-4-7-15-13-16-10-11(14)12(17-13)18(8-5-2)9-6-3/h10H,4-9H2,1-3H3,(H,15,16,17). The maximum atomic E-state index is 6.20. The van der Waals surface area contributed by atoms with Gasteiger partial charge in [-0.3, -0.25) is 0 Å². The number of hydrogen-bond donors (Lipinski definition) is 1. The Morgan fingerprint density at radius 2 is 1.83 bits per heavy atom. The van der Waals surface area contributed by atoms with E-state index in [1.807, 2.05) is 0 Å². The van der Waals surface area contributed by atoms with Gasteiger partial charge in [-0.05, 0) is 19.3 Å². The first-order valence-corrected chi connectivity index (χ1v) is 7.12. The minimum absolute atomic E-state index is 0.624. The van der Waals surface area contributed by atoms with Gasteiger partial charge in [0.2, 0.25) is 5.95 Å². The number of nitrogens with zero attached hydrogens (tertiary/aromatic N) is 3. The second kappa shape index (κ2) is 8.14. The molecule has 0 spiro atoms. The Kier molecular flexibility index (Phi) is 6.80. The third-order valence-electron chi connectivity index (χ3n) is 2.55. The first-order chi connectivity index (χ1) is 8.72. The zero-order valence-electron chi connectivity index (χ0n) is 11.5. The molecule has 1 N–H and O–H groups in total. The summed E-state index contributed by atoms with van der Waals surface area (Å²) in [7, 11) is 0. The van der Waals surface area contributed by atoms with Gasteiger partial charge in [0, 0.05) is 19.6 Å². The normalized spacial score (nSPS) is 10.4. The topological polar surface area (TPSA) is 41.1 Å². The van der Waals surface area contributed by atoms with E-state index in [4.69, 9.17) is 11.6 Å². The van der Waals surface area contributed by atoms with Crippen molar-refractivity contribution < 1.29 is 0 Å². The molecule has 4 nitrogen and oxygen atoms in total. The van der Waals surface area contributed by atoms with Gasteiger partial charge < -0.3 is 10.2 Å².